The minimum atomic E-state index is -3.89. The number of hydrogen-bond acceptors (Lipinski definition) is 3. The van der Waals surface area contributed by atoms with E-state index in [1.807, 2.05) is 54.6 Å². The third-order valence-corrected chi connectivity index (χ3v) is 7.33. The molecule has 1 amide bonds. The summed E-state index contributed by atoms with van der Waals surface area (Å²) in [7, 11) is -2.43. The highest BCUT2D eigenvalue weighted by atomic mass is 35.5. The van der Waals surface area contributed by atoms with Crippen molar-refractivity contribution in [1.29, 1.82) is 0 Å². The van der Waals surface area contributed by atoms with Crippen molar-refractivity contribution in [3.63, 3.8) is 0 Å². The topological polar surface area (TPSA) is 66.5 Å². The van der Waals surface area contributed by atoms with Gasteiger partial charge in [0.15, 0.2) is 0 Å². The Balaban J connectivity index is 1.66. The molecule has 0 heterocycles. The fourth-order valence-corrected chi connectivity index (χ4v) is 4.85. The Morgan fingerprint density at radius 3 is 2.12 bits per heavy atom. The average Bonchev–Trinajstić information content (AvgIpc) is 2.85. The molecule has 166 valence electrons. The number of sulfonamides is 1. The van der Waals surface area contributed by atoms with Crippen LogP contribution in [-0.4, -0.2) is 21.4 Å². The predicted molar refractivity (Wildman–Crippen MR) is 133 cm³/mol. The molecule has 0 unspecified atom stereocenters. The molecule has 0 bridgehead atoms. The maximum absolute atomic E-state index is 13.2. The first-order valence-corrected chi connectivity index (χ1v) is 12.0. The maximum Gasteiger partial charge on any atom is 0.264 e. The van der Waals surface area contributed by atoms with Gasteiger partial charge in [0.05, 0.1) is 21.2 Å². The summed E-state index contributed by atoms with van der Waals surface area (Å²) in [5.41, 5.74) is 2.97. The van der Waals surface area contributed by atoms with Crippen molar-refractivity contribution in [3.8, 4) is 11.1 Å². The van der Waals surface area contributed by atoms with E-state index in [4.69, 9.17) is 11.6 Å². The number of benzene rings is 4. The fraction of sp³-hybridized carbons (Fsp3) is 0.0385. The summed E-state index contributed by atoms with van der Waals surface area (Å²) in [6.07, 6.45) is 0. The molecular formula is C26H21ClN2O3S. The van der Waals surface area contributed by atoms with E-state index in [1.54, 1.807) is 30.3 Å². The number of amides is 1. The number of hydrogen-bond donors (Lipinski definition) is 1. The number of carbonyl (C=O) groups is 1. The summed E-state index contributed by atoms with van der Waals surface area (Å²) in [4.78, 5) is 13.1. The number of rotatable bonds is 6. The molecular weight excluding hydrogens is 456 g/mol. The zero-order valence-electron chi connectivity index (χ0n) is 17.8. The van der Waals surface area contributed by atoms with E-state index in [9.17, 15) is 13.2 Å². The van der Waals surface area contributed by atoms with Crippen molar-refractivity contribution in [3.05, 3.63) is 114 Å². The van der Waals surface area contributed by atoms with Gasteiger partial charge in [0.25, 0.3) is 15.9 Å². The lowest BCUT2D eigenvalue weighted by molar-refractivity contribution is 0.102. The van der Waals surface area contributed by atoms with Gasteiger partial charge in [-0.2, -0.15) is 0 Å². The van der Waals surface area contributed by atoms with Gasteiger partial charge in [-0.05, 0) is 42.0 Å². The van der Waals surface area contributed by atoms with Gasteiger partial charge < -0.3 is 5.32 Å². The average molecular weight is 477 g/mol. The van der Waals surface area contributed by atoms with E-state index >= 15 is 0 Å². The Hall–Kier alpha value is -3.61. The van der Waals surface area contributed by atoms with Crippen LogP contribution in [0.3, 0.4) is 0 Å². The Morgan fingerprint density at radius 2 is 1.42 bits per heavy atom. The lowest BCUT2D eigenvalue weighted by atomic mass is 10.0. The monoisotopic (exact) mass is 476 g/mol. The number of nitrogens with zero attached hydrogens (tertiary/aromatic N) is 1. The highest BCUT2D eigenvalue weighted by Crippen LogP contribution is 2.30. The second-order valence-electron chi connectivity index (χ2n) is 7.32. The van der Waals surface area contributed by atoms with Gasteiger partial charge in [-0.1, -0.05) is 78.3 Å². The molecule has 4 aromatic rings. The number of carbonyl (C=O) groups excluding carboxylic acids is 1. The molecule has 5 nitrogen and oxygen atoms in total. The summed E-state index contributed by atoms with van der Waals surface area (Å²) in [6, 6.07) is 29.9. The van der Waals surface area contributed by atoms with Gasteiger partial charge >= 0.3 is 0 Å². The summed E-state index contributed by atoms with van der Waals surface area (Å²) < 4.78 is 27.5. The quantitative estimate of drug-likeness (QED) is 0.366. The molecule has 0 aromatic heterocycles. The van der Waals surface area contributed by atoms with Crippen molar-refractivity contribution >= 4 is 38.9 Å². The van der Waals surface area contributed by atoms with E-state index < -0.39 is 15.9 Å². The van der Waals surface area contributed by atoms with E-state index in [1.165, 1.54) is 29.6 Å². The van der Waals surface area contributed by atoms with Crippen LogP contribution in [0.2, 0.25) is 5.02 Å². The van der Waals surface area contributed by atoms with Crippen LogP contribution in [0.5, 0.6) is 0 Å². The molecule has 7 heteroatoms. The smallest absolute Gasteiger partial charge is 0.264 e. The van der Waals surface area contributed by atoms with Crippen molar-refractivity contribution in [2.24, 2.45) is 0 Å². The second kappa shape index (κ2) is 9.48. The van der Waals surface area contributed by atoms with E-state index in [-0.39, 0.29) is 15.5 Å². The van der Waals surface area contributed by atoms with Crippen molar-refractivity contribution in [2.75, 3.05) is 16.7 Å². The molecule has 0 spiro atoms. The summed E-state index contributed by atoms with van der Waals surface area (Å²) >= 11 is 6.29. The Bertz CT molecular complexity index is 1390. The molecule has 4 rings (SSSR count). The van der Waals surface area contributed by atoms with E-state index in [2.05, 4.69) is 5.32 Å². The molecule has 1 N–H and O–H groups in total. The molecule has 0 fully saturated rings. The van der Waals surface area contributed by atoms with E-state index in [0.717, 1.165) is 11.1 Å². The van der Waals surface area contributed by atoms with Gasteiger partial charge in [-0.25, -0.2) is 8.42 Å². The molecule has 0 saturated carbocycles. The lowest BCUT2D eigenvalue weighted by Crippen LogP contribution is -2.27. The van der Waals surface area contributed by atoms with Crippen LogP contribution in [0.15, 0.2) is 108 Å². The molecule has 33 heavy (non-hydrogen) atoms. The Labute approximate surface area is 198 Å². The van der Waals surface area contributed by atoms with Crippen LogP contribution in [-0.2, 0) is 10.0 Å². The van der Waals surface area contributed by atoms with Crippen LogP contribution < -0.4 is 9.62 Å². The van der Waals surface area contributed by atoms with Gasteiger partial charge in [0.1, 0.15) is 0 Å². The SMILES string of the molecule is CN(c1ccccc1)S(=O)(=O)c1ccc(Cl)c(C(=O)Nc2ccccc2-c2ccccc2)c1. The zero-order chi connectivity index (χ0) is 23.4. The Kier molecular flexibility index (Phi) is 6.49. The number of para-hydroxylation sites is 2. The van der Waals surface area contributed by atoms with Crippen LogP contribution in [0, 0.1) is 0 Å². The van der Waals surface area contributed by atoms with Crippen LogP contribution in [0.1, 0.15) is 10.4 Å². The first kappa shape index (κ1) is 22.6. The highest BCUT2D eigenvalue weighted by Gasteiger charge is 2.24. The summed E-state index contributed by atoms with van der Waals surface area (Å²) in [6.45, 7) is 0. The number of nitrogens with one attached hydrogen (secondary N) is 1. The molecule has 0 aliphatic rings. The Morgan fingerprint density at radius 1 is 0.818 bits per heavy atom. The van der Waals surface area contributed by atoms with Crippen molar-refractivity contribution in [1.82, 2.24) is 0 Å². The molecule has 0 aliphatic carbocycles. The molecule has 0 saturated heterocycles. The summed E-state index contributed by atoms with van der Waals surface area (Å²) in [5.74, 6) is -0.497. The lowest BCUT2D eigenvalue weighted by Gasteiger charge is -2.20. The molecule has 0 aliphatic heterocycles. The fourth-order valence-electron chi connectivity index (χ4n) is 3.42. The zero-order valence-corrected chi connectivity index (χ0v) is 19.3. The molecule has 0 atom stereocenters. The number of halogens is 1. The third kappa shape index (κ3) is 4.77. The van der Waals surface area contributed by atoms with Crippen molar-refractivity contribution < 1.29 is 13.2 Å². The van der Waals surface area contributed by atoms with Crippen LogP contribution >= 0.6 is 11.6 Å². The minimum Gasteiger partial charge on any atom is -0.321 e. The van der Waals surface area contributed by atoms with Crippen molar-refractivity contribution in [2.45, 2.75) is 4.90 Å². The van der Waals surface area contributed by atoms with Gasteiger partial charge in [-0.15, -0.1) is 0 Å². The van der Waals surface area contributed by atoms with Gasteiger partial charge in [0, 0.05) is 18.3 Å². The minimum absolute atomic E-state index is 0.0280. The van der Waals surface area contributed by atoms with E-state index in [0.29, 0.717) is 11.4 Å². The summed E-state index contributed by atoms with van der Waals surface area (Å²) in [5, 5.41) is 3.03. The first-order valence-electron chi connectivity index (χ1n) is 10.2. The molecule has 0 radical (unpaired) electrons. The molecule has 4 aromatic carbocycles. The second-order valence-corrected chi connectivity index (χ2v) is 9.69. The highest BCUT2D eigenvalue weighted by molar-refractivity contribution is 7.92. The van der Waals surface area contributed by atoms with Crippen LogP contribution in [0.25, 0.3) is 11.1 Å². The van der Waals surface area contributed by atoms with Gasteiger partial charge in [0.2, 0.25) is 0 Å². The standard InChI is InChI=1S/C26H21ClN2O3S/c1-29(20-12-6-3-7-13-20)33(31,32)21-16-17-24(27)23(18-21)26(30)28-25-15-9-8-14-22(25)19-10-4-2-5-11-19/h2-18H,1H3,(H,28,30). The maximum atomic E-state index is 13.2. The third-order valence-electron chi connectivity index (χ3n) is 5.22. The van der Waals surface area contributed by atoms with Crippen LogP contribution in [0.4, 0.5) is 11.4 Å². The normalized spacial score (nSPS) is 11.1. The number of anilines is 2. The predicted octanol–water partition coefficient (Wildman–Crippen LogP) is 6.08. The van der Waals surface area contributed by atoms with Gasteiger partial charge in [-0.3, -0.25) is 9.10 Å². The first-order chi connectivity index (χ1) is 15.9. The largest absolute Gasteiger partial charge is 0.321 e.